The molecule has 110 valence electrons. The van der Waals surface area contributed by atoms with E-state index in [0.29, 0.717) is 13.0 Å². The van der Waals surface area contributed by atoms with Gasteiger partial charge in [0.1, 0.15) is 0 Å². The zero-order valence-corrected chi connectivity index (χ0v) is 13.4. The van der Waals surface area contributed by atoms with E-state index in [2.05, 4.69) is 36.4 Å². The van der Waals surface area contributed by atoms with E-state index >= 15 is 0 Å². The number of aliphatic imine (C=N–C) groups is 1. The van der Waals surface area contributed by atoms with Crippen LogP contribution in [-0.2, 0) is 4.79 Å². The Bertz CT molecular complexity index is 327. The molecule has 19 heavy (non-hydrogen) atoms. The van der Waals surface area contributed by atoms with Crippen LogP contribution in [0.5, 0.6) is 0 Å². The Morgan fingerprint density at radius 1 is 1.47 bits per heavy atom. The number of nitrogens with one attached hydrogen (secondary N) is 2. The predicted octanol–water partition coefficient (Wildman–Crippen LogP) is 2.54. The fraction of sp³-hybridized carbons (Fsp3) is 0.857. The maximum atomic E-state index is 11.6. The number of hydrogen-bond acceptors (Lipinski definition) is 3. The highest BCUT2D eigenvalue weighted by atomic mass is 32.2. The molecule has 4 nitrogen and oxygen atoms in total. The van der Waals surface area contributed by atoms with Crippen molar-refractivity contribution in [3.63, 3.8) is 0 Å². The molecule has 1 saturated heterocycles. The summed E-state index contributed by atoms with van der Waals surface area (Å²) in [7, 11) is 0. The molecule has 0 spiro atoms. The van der Waals surface area contributed by atoms with Gasteiger partial charge in [-0.2, -0.15) is 0 Å². The Labute approximate surface area is 121 Å². The van der Waals surface area contributed by atoms with Gasteiger partial charge in [0.2, 0.25) is 5.91 Å². The van der Waals surface area contributed by atoms with Crippen LogP contribution in [0.3, 0.4) is 0 Å². The molecule has 1 heterocycles. The number of rotatable bonds is 7. The summed E-state index contributed by atoms with van der Waals surface area (Å²) in [5, 5.41) is 7.47. The van der Waals surface area contributed by atoms with Gasteiger partial charge in [-0.1, -0.05) is 32.5 Å². The normalized spacial score (nSPS) is 21.2. The third-order valence-electron chi connectivity index (χ3n) is 3.82. The van der Waals surface area contributed by atoms with E-state index in [1.54, 1.807) is 11.8 Å². The van der Waals surface area contributed by atoms with Gasteiger partial charge in [0, 0.05) is 23.8 Å². The Hall–Kier alpha value is -0.710. The fourth-order valence-corrected chi connectivity index (χ4v) is 3.29. The van der Waals surface area contributed by atoms with Gasteiger partial charge < -0.3 is 10.6 Å². The molecule has 0 bridgehead atoms. The van der Waals surface area contributed by atoms with E-state index in [0.717, 1.165) is 30.2 Å². The van der Waals surface area contributed by atoms with Crippen molar-refractivity contribution in [2.75, 3.05) is 12.3 Å². The van der Waals surface area contributed by atoms with E-state index in [9.17, 15) is 4.79 Å². The van der Waals surface area contributed by atoms with Crippen LogP contribution in [0.1, 0.15) is 53.4 Å². The molecule has 5 heteroatoms. The number of amides is 1. The minimum Gasteiger partial charge on any atom is -0.359 e. The first kappa shape index (κ1) is 16.3. The number of thioether (sulfide) groups is 1. The van der Waals surface area contributed by atoms with E-state index < -0.39 is 0 Å². The van der Waals surface area contributed by atoms with Crippen LogP contribution in [0.25, 0.3) is 0 Å². The summed E-state index contributed by atoms with van der Waals surface area (Å²) < 4.78 is 0. The largest absolute Gasteiger partial charge is 0.359 e. The number of amidine groups is 1. The van der Waals surface area contributed by atoms with Crippen molar-refractivity contribution in [3.05, 3.63) is 0 Å². The lowest BCUT2D eigenvalue weighted by Crippen LogP contribution is -2.42. The summed E-state index contributed by atoms with van der Waals surface area (Å²) >= 11 is 1.78. The van der Waals surface area contributed by atoms with Gasteiger partial charge in [-0.3, -0.25) is 9.79 Å². The van der Waals surface area contributed by atoms with Crippen molar-refractivity contribution in [1.82, 2.24) is 10.6 Å². The molecule has 0 aromatic heterocycles. The van der Waals surface area contributed by atoms with Crippen LogP contribution in [0.4, 0.5) is 0 Å². The molecule has 1 rings (SSSR count). The highest BCUT2D eigenvalue weighted by Crippen LogP contribution is 2.28. The van der Waals surface area contributed by atoms with Crippen molar-refractivity contribution in [2.24, 2.45) is 4.99 Å². The highest BCUT2D eigenvalue weighted by molar-refractivity contribution is 8.14. The van der Waals surface area contributed by atoms with Crippen LogP contribution < -0.4 is 10.6 Å². The number of carbonyl (C=O) groups excluding carboxylic acids is 1. The standard InChI is InChI=1S/C14H27N3OS/c1-5-11(4)16-12(18)8-9-15-13-17-14(6-2,7-3)10-19-13/h11H,5-10H2,1-4H3,(H,15,17)(H,16,18). The van der Waals surface area contributed by atoms with Gasteiger partial charge in [-0.05, 0) is 26.2 Å². The summed E-state index contributed by atoms with van der Waals surface area (Å²) in [6.45, 7) is 9.08. The van der Waals surface area contributed by atoms with Crippen molar-refractivity contribution >= 4 is 22.8 Å². The number of nitrogens with zero attached hydrogens (tertiary/aromatic N) is 1. The van der Waals surface area contributed by atoms with Gasteiger partial charge in [0.05, 0.1) is 6.54 Å². The van der Waals surface area contributed by atoms with Crippen molar-refractivity contribution < 1.29 is 4.79 Å². The van der Waals surface area contributed by atoms with Crippen molar-refractivity contribution in [3.8, 4) is 0 Å². The molecule has 0 saturated carbocycles. The summed E-state index contributed by atoms with van der Waals surface area (Å²) in [6, 6.07) is 0.256. The molecule has 0 aromatic carbocycles. The second kappa shape index (κ2) is 7.78. The Balaban J connectivity index is 2.33. The second-order valence-corrected chi connectivity index (χ2v) is 6.18. The molecule has 1 atom stereocenters. The highest BCUT2D eigenvalue weighted by Gasteiger charge is 2.33. The minimum absolute atomic E-state index is 0.0962. The maximum absolute atomic E-state index is 11.6. The zero-order chi connectivity index (χ0) is 14.3. The third-order valence-corrected chi connectivity index (χ3v) is 5.03. The summed E-state index contributed by atoms with van der Waals surface area (Å²) in [6.07, 6.45) is 3.67. The fourth-order valence-electron chi connectivity index (χ4n) is 1.93. The molecule has 2 N–H and O–H groups in total. The van der Waals surface area contributed by atoms with Crippen LogP contribution in [0, 0.1) is 0 Å². The minimum atomic E-state index is 0.0962. The first-order valence-electron chi connectivity index (χ1n) is 7.30. The number of carbonyl (C=O) groups is 1. The lowest BCUT2D eigenvalue weighted by atomic mass is 9.96. The average Bonchev–Trinajstić information content (AvgIpc) is 2.83. The first-order chi connectivity index (χ1) is 9.05. The lowest BCUT2D eigenvalue weighted by molar-refractivity contribution is -0.121. The smallest absolute Gasteiger partial charge is 0.222 e. The molecule has 1 aliphatic rings. The van der Waals surface area contributed by atoms with Crippen LogP contribution >= 0.6 is 11.8 Å². The molecular weight excluding hydrogens is 258 g/mol. The van der Waals surface area contributed by atoms with E-state index in [-0.39, 0.29) is 17.5 Å². The topological polar surface area (TPSA) is 53.5 Å². The van der Waals surface area contributed by atoms with E-state index in [1.807, 2.05) is 6.92 Å². The van der Waals surface area contributed by atoms with E-state index in [4.69, 9.17) is 0 Å². The zero-order valence-electron chi connectivity index (χ0n) is 12.6. The molecule has 1 fully saturated rings. The SMILES string of the molecule is CCC(C)NC(=O)CCN=C1NC(CC)(CC)CS1. The molecule has 1 aliphatic heterocycles. The van der Waals surface area contributed by atoms with Crippen molar-refractivity contribution in [2.45, 2.75) is 65.0 Å². The van der Waals surface area contributed by atoms with Crippen molar-refractivity contribution in [1.29, 1.82) is 0 Å². The number of hydrogen-bond donors (Lipinski definition) is 2. The van der Waals surface area contributed by atoms with Crippen LogP contribution in [-0.4, -0.2) is 35.0 Å². The Morgan fingerprint density at radius 3 is 2.68 bits per heavy atom. The van der Waals surface area contributed by atoms with Gasteiger partial charge in [0.15, 0.2) is 5.17 Å². The Morgan fingerprint density at radius 2 is 2.16 bits per heavy atom. The quantitative estimate of drug-likeness (QED) is 0.756. The van der Waals surface area contributed by atoms with Gasteiger partial charge >= 0.3 is 0 Å². The molecule has 0 aromatic rings. The Kier molecular flexibility index (Phi) is 6.69. The second-order valence-electron chi connectivity index (χ2n) is 5.21. The molecule has 1 amide bonds. The average molecular weight is 285 g/mol. The van der Waals surface area contributed by atoms with Gasteiger partial charge in [-0.15, -0.1) is 0 Å². The molecule has 0 aliphatic carbocycles. The summed E-state index contributed by atoms with van der Waals surface area (Å²) in [5.74, 6) is 1.18. The monoisotopic (exact) mass is 285 g/mol. The summed E-state index contributed by atoms with van der Waals surface area (Å²) in [5.41, 5.74) is 0.211. The predicted molar refractivity (Wildman–Crippen MR) is 83.7 cm³/mol. The first-order valence-corrected chi connectivity index (χ1v) is 8.28. The van der Waals surface area contributed by atoms with Crippen LogP contribution in [0.15, 0.2) is 4.99 Å². The summed E-state index contributed by atoms with van der Waals surface area (Å²) in [4.78, 5) is 16.1. The third kappa shape index (κ3) is 5.05. The van der Waals surface area contributed by atoms with Gasteiger partial charge in [-0.25, -0.2) is 0 Å². The lowest BCUT2D eigenvalue weighted by Gasteiger charge is -2.25. The molecule has 1 unspecified atom stereocenters. The molecular formula is C14H27N3OS. The van der Waals surface area contributed by atoms with E-state index in [1.165, 1.54) is 0 Å². The van der Waals surface area contributed by atoms with Gasteiger partial charge in [0.25, 0.3) is 0 Å². The maximum Gasteiger partial charge on any atom is 0.222 e. The molecule has 0 radical (unpaired) electrons. The van der Waals surface area contributed by atoms with Crippen LogP contribution in [0.2, 0.25) is 0 Å².